The molecule has 1 fully saturated rings. The summed E-state index contributed by atoms with van der Waals surface area (Å²) in [7, 11) is 0. The summed E-state index contributed by atoms with van der Waals surface area (Å²) in [5.41, 5.74) is 1.08. The Morgan fingerprint density at radius 2 is 2.10 bits per heavy atom. The van der Waals surface area contributed by atoms with Gasteiger partial charge in [0.15, 0.2) is 0 Å². The molecular weight excluding hydrogens is 264 g/mol. The van der Waals surface area contributed by atoms with Gasteiger partial charge < -0.3 is 9.64 Å². The van der Waals surface area contributed by atoms with Crippen LogP contribution >= 0.6 is 0 Å². The maximum Gasteiger partial charge on any atom is 0.137 e. The van der Waals surface area contributed by atoms with Crippen LogP contribution in [0.5, 0.6) is 5.75 Å². The highest BCUT2D eigenvalue weighted by Crippen LogP contribution is 2.17. The number of piperidine rings is 1. The fraction of sp³-hybridized carbons (Fsp3) is 0.500. The Labute approximate surface area is 125 Å². The lowest BCUT2D eigenvalue weighted by atomic mass is 10.1. The monoisotopic (exact) mass is 286 g/mol. The molecule has 0 atom stereocenters. The van der Waals surface area contributed by atoms with Crippen LogP contribution in [0.25, 0.3) is 0 Å². The molecule has 1 aliphatic rings. The topological polar surface area (TPSA) is 43.2 Å². The van der Waals surface area contributed by atoms with Gasteiger partial charge in [-0.3, -0.25) is 9.67 Å². The van der Waals surface area contributed by atoms with Crippen LogP contribution < -0.4 is 4.74 Å². The summed E-state index contributed by atoms with van der Waals surface area (Å²) in [6.07, 6.45) is 8.07. The van der Waals surface area contributed by atoms with Crippen LogP contribution in [0.1, 0.15) is 18.5 Å². The second kappa shape index (κ2) is 6.72. The Kier molecular flexibility index (Phi) is 4.50. The summed E-state index contributed by atoms with van der Waals surface area (Å²) in [6.45, 7) is 6.22. The molecule has 2 aromatic heterocycles. The molecular formula is C16H22N4O. The first-order chi connectivity index (χ1) is 10.3. The third-order valence-corrected chi connectivity index (χ3v) is 3.89. The summed E-state index contributed by atoms with van der Waals surface area (Å²) in [4.78, 5) is 6.57. The molecule has 0 unspecified atom stereocenters. The fourth-order valence-corrected chi connectivity index (χ4v) is 2.69. The Hall–Kier alpha value is -1.88. The van der Waals surface area contributed by atoms with Gasteiger partial charge in [0.05, 0.1) is 18.4 Å². The number of nitrogens with zero attached hydrogens (tertiary/aromatic N) is 4. The van der Waals surface area contributed by atoms with Gasteiger partial charge >= 0.3 is 0 Å². The van der Waals surface area contributed by atoms with Gasteiger partial charge in [-0.15, -0.1) is 0 Å². The van der Waals surface area contributed by atoms with E-state index < -0.39 is 0 Å². The van der Waals surface area contributed by atoms with Crippen LogP contribution in [0.15, 0.2) is 36.8 Å². The van der Waals surface area contributed by atoms with Crippen molar-refractivity contribution in [2.24, 2.45) is 0 Å². The summed E-state index contributed by atoms with van der Waals surface area (Å²) >= 11 is 0. The van der Waals surface area contributed by atoms with Crippen LogP contribution in [0.4, 0.5) is 0 Å². The van der Waals surface area contributed by atoms with Crippen LogP contribution in [-0.2, 0) is 6.54 Å². The molecule has 3 heterocycles. The van der Waals surface area contributed by atoms with Crippen molar-refractivity contribution in [2.75, 3.05) is 19.6 Å². The van der Waals surface area contributed by atoms with E-state index in [1.165, 1.54) is 0 Å². The number of rotatable bonds is 5. The lowest BCUT2D eigenvalue weighted by Crippen LogP contribution is -2.39. The molecule has 5 heteroatoms. The lowest BCUT2D eigenvalue weighted by Gasteiger charge is -2.31. The highest BCUT2D eigenvalue weighted by molar-refractivity contribution is 5.15. The fourth-order valence-electron chi connectivity index (χ4n) is 2.69. The predicted molar refractivity (Wildman–Crippen MR) is 81.3 cm³/mol. The smallest absolute Gasteiger partial charge is 0.137 e. The van der Waals surface area contributed by atoms with Gasteiger partial charge in [0, 0.05) is 32.0 Å². The minimum Gasteiger partial charge on any atom is -0.489 e. The predicted octanol–water partition coefficient (Wildman–Crippen LogP) is 2.13. The second-order valence-corrected chi connectivity index (χ2v) is 5.57. The molecule has 1 saturated heterocycles. The third kappa shape index (κ3) is 4.04. The summed E-state index contributed by atoms with van der Waals surface area (Å²) < 4.78 is 7.98. The molecule has 0 radical (unpaired) electrons. The lowest BCUT2D eigenvalue weighted by molar-refractivity contribution is 0.0977. The molecule has 1 aliphatic heterocycles. The first-order valence-electron chi connectivity index (χ1n) is 7.59. The Balaban J connectivity index is 1.40. The number of likely N-dealkylation sites (tertiary alicyclic amines) is 1. The number of aryl methyl sites for hydroxylation is 1. The molecule has 112 valence electrons. The number of aromatic nitrogens is 3. The van der Waals surface area contributed by atoms with E-state index in [-0.39, 0.29) is 0 Å². The maximum atomic E-state index is 5.96. The van der Waals surface area contributed by atoms with Gasteiger partial charge in [0.1, 0.15) is 11.9 Å². The van der Waals surface area contributed by atoms with Crippen LogP contribution in [0.2, 0.25) is 0 Å². The summed E-state index contributed by atoms with van der Waals surface area (Å²) in [6, 6.07) is 5.93. The standard InChI is InChI=1S/C16H22N4O/c1-14-4-10-20(18-14)12-11-19-8-5-15(6-9-19)21-16-3-2-7-17-13-16/h2-4,7,10,13,15H,5-6,8-9,11-12H2,1H3. The van der Waals surface area contributed by atoms with Crippen LogP contribution in [0.3, 0.4) is 0 Å². The molecule has 5 nitrogen and oxygen atoms in total. The quantitative estimate of drug-likeness (QED) is 0.844. The molecule has 0 saturated carbocycles. The van der Waals surface area contributed by atoms with E-state index in [0.29, 0.717) is 6.10 Å². The summed E-state index contributed by atoms with van der Waals surface area (Å²) in [5.74, 6) is 0.878. The van der Waals surface area contributed by atoms with Crippen molar-refractivity contribution in [3.8, 4) is 5.75 Å². The van der Waals surface area contributed by atoms with Gasteiger partial charge in [0.2, 0.25) is 0 Å². The zero-order chi connectivity index (χ0) is 14.5. The minimum atomic E-state index is 0.317. The first kappa shape index (κ1) is 14.1. The SMILES string of the molecule is Cc1ccn(CCN2CCC(Oc3cccnc3)CC2)n1. The highest BCUT2D eigenvalue weighted by atomic mass is 16.5. The zero-order valence-corrected chi connectivity index (χ0v) is 12.5. The molecule has 21 heavy (non-hydrogen) atoms. The molecule has 0 N–H and O–H groups in total. The first-order valence-corrected chi connectivity index (χ1v) is 7.59. The van der Waals surface area contributed by atoms with Crippen molar-refractivity contribution >= 4 is 0 Å². The van der Waals surface area contributed by atoms with Crippen molar-refractivity contribution in [1.82, 2.24) is 19.7 Å². The number of ether oxygens (including phenoxy) is 1. The van der Waals surface area contributed by atoms with Crippen LogP contribution in [-0.4, -0.2) is 45.4 Å². The highest BCUT2D eigenvalue weighted by Gasteiger charge is 2.20. The van der Waals surface area contributed by atoms with Crippen molar-refractivity contribution in [1.29, 1.82) is 0 Å². The number of pyridine rings is 1. The van der Waals surface area contributed by atoms with E-state index in [4.69, 9.17) is 4.74 Å². The minimum absolute atomic E-state index is 0.317. The molecule has 0 bridgehead atoms. The van der Waals surface area contributed by atoms with Gasteiger partial charge in [-0.2, -0.15) is 5.10 Å². The van der Waals surface area contributed by atoms with Gasteiger partial charge in [0.25, 0.3) is 0 Å². The number of hydrogen-bond donors (Lipinski definition) is 0. The van der Waals surface area contributed by atoms with E-state index in [2.05, 4.69) is 15.0 Å². The average Bonchev–Trinajstić information content (AvgIpc) is 2.93. The summed E-state index contributed by atoms with van der Waals surface area (Å²) in [5, 5.41) is 4.42. The molecule has 0 spiro atoms. The van der Waals surface area contributed by atoms with Crippen LogP contribution in [0, 0.1) is 6.92 Å². The van der Waals surface area contributed by atoms with E-state index in [9.17, 15) is 0 Å². The number of hydrogen-bond acceptors (Lipinski definition) is 4. The zero-order valence-electron chi connectivity index (χ0n) is 12.5. The van der Waals surface area contributed by atoms with Crippen molar-refractivity contribution in [2.45, 2.75) is 32.4 Å². The normalized spacial score (nSPS) is 17.0. The average molecular weight is 286 g/mol. The Morgan fingerprint density at radius 3 is 2.76 bits per heavy atom. The van der Waals surface area contributed by atoms with Gasteiger partial charge in [-0.25, -0.2) is 0 Å². The van der Waals surface area contributed by atoms with E-state index in [1.807, 2.05) is 36.0 Å². The van der Waals surface area contributed by atoms with Crippen molar-refractivity contribution in [3.05, 3.63) is 42.5 Å². The molecule has 3 rings (SSSR count). The van der Waals surface area contributed by atoms with Gasteiger partial charge in [-0.05, 0) is 38.0 Å². The molecule has 0 aromatic carbocycles. The molecule has 0 amide bonds. The Morgan fingerprint density at radius 1 is 1.24 bits per heavy atom. The third-order valence-electron chi connectivity index (χ3n) is 3.89. The van der Waals surface area contributed by atoms with E-state index >= 15 is 0 Å². The van der Waals surface area contributed by atoms with Crippen molar-refractivity contribution < 1.29 is 4.74 Å². The van der Waals surface area contributed by atoms with E-state index in [1.54, 1.807) is 12.4 Å². The van der Waals surface area contributed by atoms with Crippen molar-refractivity contribution in [3.63, 3.8) is 0 Å². The maximum absolute atomic E-state index is 5.96. The second-order valence-electron chi connectivity index (χ2n) is 5.57. The Bertz CT molecular complexity index is 546. The van der Waals surface area contributed by atoms with E-state index in [0.717, 1.165) is 50.5 Å². The molecule has 2 aromatic rings. The van der Waals surface area contributed by atoms with Gasteiger partial charge in [-0.1, -0.05) is 0 Å². The largest absolute Gasteiger partial charge is 0.489 e. The molecule has 0 aliphatic carbocycles.